The zero-order valence-electron chi connectivity index (χ0n) is 10.8. The van der Waals surface area contributed by atoms with Gasteiger partial charge >= 0.3 is 5.97 Å². The molecule has 1 atom stereocenters. The van der Waals surface area contributed by atoms with Crippen molar-refractivity contribution in [2.45, 2.75) is 6.42 Å². The number of benzene rings is 1. The molecule has 106 valence electrons. The quantitative estimate of drug-likeness (QED) is 0.818. The van der Waals surface area contributed by atoms with Gasteiger partial charge in [0.25, 0.3) is 0 Å². The second-order valence-electron chi connectivity index (χ2n) is 4.53. The van der Waals surface area contributed by atoms with Gasteiger partial charge in [-0.25, -0.2) is 4.79 Å². The normalized spacial score (nSPS) is 18.6. The summed E-state index contributed by atoms with van der Waals surface area (Å²) in [6.07, 6.45) is 0.298. The number of rotatable bonds is 5. The first-order valence-corrected chi connectivity index (χ1v) is 6.22. The minimum Gasteiger partial charge on any atom is -0.482 e. The highest BCUT2D eigenvalue weighted by atomic mass is 16.5. The number of aliphatic carboxylic acids is 1. The summed E-state index contributed by atoms with van der Waals surface area (Å²) in [7, 11) is 0. The Balaban J connectivity index is 2.12. The summed E-state index contributed by atoms with van der Waals surface area (Å²) >= 11 is 0. The number of Topliss-reactive ketones (excluding diaryl/α,β-unsaturated/α-hetero) is 1. The maximum absolute atomic E-state index is 11.3. The highest BCUT2D eigenvalue weighted by Crippen LogP contribution is 2.20. The molecule has 1 aliphatic heterocycles. The lowest BCUT2D eigenvalue weighted by atomic mass is 9.90. The molecule has 2 N–H and O–H groups in total. The van der Waals surface area contributed by atoms with Crippen molar-refractivity contribution in [3.8, 4) is 5.75 Å². The Morgan fingerprint density at radius 3 is 2.65 bits per heavy atom. The first-order chi connectivity index (χ1) is 9.60. The van der Waals surface area contributed by atoms with Crippen LogP contribution in [0.15, 0.2) is 29.3 Å². The predicted molar refractivity (Wildman–Crippen MR) is 71.2 cm³/mol. The van der Waals surface area contributed by atoms with Crippen molar-refractivity contribution >= 4 is 17.5 Å². The van der Waals surface area contributed by atoms with Gasteiger partial charge in [0.2, 0.25) is 0 Å². The Labute approximate surface area is 115 Å². The van der Waals surface area contributed by atoms with Crippen LogP contribution in [-0.4, -0.2) is 47.4 Å². The number of carbonyl (C=O) groups excluding carboxylic acids is 1. The van der Waals surface area contributed by atoms with Crippen molar-refractivity contribution in [3.63, 3.8) is 0 Å². The predicted octanol–water partition coefficient (Wildman–Crippen LogP) is 0.520. The number of carbonyl (C=O) groups is 2. The van der Waals surface area contributed by atoms with Crippen LogP contribution < -0.4 is 4.74 Å². The maximum atomic E-state index is 11.3. The molecular formula is C14H15NO5. The summed E-state index contributed by atoms with van der Waals surface area (Å²) in [5, 5.41) is 17.8. The van der Waals surface area contributed by atoms with E-state index in [1.165, 1.54) is 0 Å². The molecule has 1 unspecified atom stereocenters. The molecule has 0 aromatic heterocycles. The van der Waals surface area contributed by atoms with Crippen molar-refractivity contribution in [2.24, 2.45) is 10.9 Å². The van der Waals surface area contributed by atoms with Crippen LogP contribution in [0.4, 0.5) is 0 Å². The van der Waals surface area contributed by atoms with Crippen LogP contribution >= 0.6 is 0 Å². The van der Waals surface area contributed by atoms with Crippen LogP contribution in [-0.2, 0) is 9.59 Å². The van der Waals surface area contributed by atoms with Crippen LogP contribution in [0.3, 0.4) is 0 Å². The molecule has 6 nitrogen and oxygen atoms in total. The van der Waals surface area contributed by atoms with Crippen LogP contribution in [0.25, 0.3) is 0 Å². The molecule has 0 radical (unpaired) electrons. The van der Waals surface area contributed by atoms with E-state index in [1.54, 1.807) is 24.3 Å². The Morgan fingerprint density at radius 2 is 2.05 bits per heavy atom. The molecule has 0 bridgehead atoms. The van der Waals surface area contributed by atoms with E-state index in [0.29, 0.717) is 17.9 Å². The Bertz CT molecular complexity index is 535. The lowest BCUT2D eigenvalue weighted by molar-refractivity contribution is -0.139. The molecule has 20 heavy (non-hydrogen) atoms. The van der Waals surface area contributed by atoms with E-state index in [-0.39, 0.29) is 24.9 Å². The third kappa shape index (κ3) is 3.42. The third-order valence-electron chi connectivity index (χ3n) is 3.02. The van der Waals surface area contributed by atoms with E-state index in [2.05, 4.69) is 4.99 Å². The number of ketones is 1. The Morgan fingerprint density at radius 1 is 1.35 bits per heavy atom. The zero-order chi connectivity index (χ0) is 14.5. The van der Waals surface area contributed by atoms with Crippen LogP contribution in [0.5, 0.6) is 5.75 Å². The fraction of sp³-hybridized carbons (Fsp3) is 0.357. The summed E-state index contributed by atoms with van der Waals surface area (Å²) in [6.45, 7) is -0.376. The molecule has 0 aliphatic carbocycles. The van der Waals surface area contributed by atoms with Gasteiger partial charge in [-0.2, -0.15) is 0 Å². The topological polar surface area (TPSA) is 96.2 Å². The fourth-order valence-corrected chi connectivity index (χ4v) is 2.08. The van der Waals surface area contributed by atoms with E-state index in [9.17, 15) is 14.7 Å². The SMILES string of the molecule is O=C(O)COc1ccc(C2=NCC(=O)CC2CO)cc1. The van der Waals surface area contributed by atoms with Crippen molar-refractivity contribution in [1.82, 2.24) is 0 Å². The highest BCUT2D eigenvalue weighted by Gasteiger charge is 2.24. The van der Waals surface area contributed by atoms with Crippen molar-refractivity contribution in [1.29, 1.82) is 0 Å². The number of carboxylic acids is 1. The van der Waals surface area contributed by atoms with Crippen LogP contribution in [0, 0.1) is 5.92 Å². The van der Waals surface area contributed by atoms with Gasteiger partial charge in [-0.15, -0.1) is 0 Å². The van der Waals surface area contributed by atoms with Gasteiger partial charge in [-0.3, -0.25) is 9.79 Å². The number of aliphatic hydroxyl groups is 1. The number of aliphatic hydroxyl groups excluding tert-OH is 1. The highest BCUT2D eigenvalue weighted by molar-refractivity contribution is 6.07. The number of aliphatic imine (C=N–C) groups is 1. The fourth-order valence-electron chi connectivity index (χ4n) is 2.08. The third-order valence-corrected chi connectivity index (χ3v) is 3.02. The lowest BCUT2D eigenvalue weighted by Crippen LogP contribution is -2.29. The monoisotopic (exact) mass is 277 g/mol. The summed E-state index contributed by atoms with van der Waals surface area (Å²) in [5.74, 6) is -0.843. The van der Waals surface area contributed by atoms with Crippen molar-refractivity contribution in [2.75, 3.05) is 19.8 Å². The van der Waals surface area contributed by atoms with E-state index in [4.69, 9.17) is 9.84 Å². The van der Waals surface area contributed by atoms with Crippen molar-refractivity contribution < 1.29 is 24.5 Å². The van der Waals surface area contributed by atoms with Gasteiger partial charge in [0.05, 0.1) is 13.2 Å². The largest absolute Gasteiger partial charge is 0.482 e. The molecule has 1 heterocycles. The Hall–Kier alpha value is -2.21. The van der Waals surface area contributed by atoms with Gasteiger partial charge < -0.3 is 14.9 Å². The molecule has 0 fully saturated rings. The first-order valence-electron chi connectivity index (χ1n) is 6.22. The number of hydrogen-bond acceptors (Lipinski definition) is 5. The number of carboxylic acid groups (broad SMARTS) is 1. The molecule has 1 aliphatic rings. The molecule has 6 heteroatoms. The number of ether oxygens (including phenoxy) is 1. The summed E-state index contributed by atoms with van der Waals surface area (Å²) in [5.41, 5.74) is 1.51. The smallest absolute Gasteiger partial charge is 0.341 e. The average Bonchev–Trinajstić information content (AvgIpc) is 2.45. The summed E-state index contributed by atoms with van der Waals surface area (Å²) < 4.78 is 5.04. The minimum absolute atomic E-state index is 0.0224. The summed E-state index contributed by atoms with van der Waals surface area (Å²) in [6, 6.07) is 6.78. The molecule has 0 amide bonds. The second kappa shape index (κ2) is 6.29. The van der Waals surface area contributed by atoms with E-state index >= 15 is 0 Å². The molecular weight excluding hydrogens is 262 g/mol. The maximum Gasteiger partial charge on any atom is 0.341 e. The van der Waals surface area contributed by atoms with Gasteiger partial charge in [-0.1, -0.05) is 0 Å². The molecule has 0 spiro atoms. The van der Waals surface area contributed by atoms with E-state index < -0.39 is 12.6 Å². The molecule has 1 aromatic carbocycles. The number of nitrogens with zero attached hydrogens (tertiary/aromatic N) is 1. The van der Waals surface area contributed by atoms with Gasteiger partial charge in [0.1, 0.15) is 5.75 Å². The van der Waals surface area contributed by atoms with Crippen molar-refractivity contribution in [3.05, 3.63) is 29.8 Å². The number of hydrogen-bond donors (Lipinski definition) is 2. The van der Waals surface area contributed by atoms with E-state index in [0.717, 1.165) is 5.56 Å². The van der Waals surface area contributed by atoms with Gasteiger partial charge in [0.15, 0.2) is 12.4 Å². The van der Waals surface area contributed by atoms with Gasteiger partial charge in [-0.05, 0) is 29.8 Å². The van der Waals surface area contributed by atoms with E-state index in [1.807, 2.05) is 0 Å². The molecule has 0 saturated heterocycles. The second-order valence-corrected chi connectivity index (χ2v) is 4.53. The molecule has 2 rings (SSSR count). The van der Waals surface area contributed by atoms with Crippen LogP contribution in [0.2, 0.25) is 0 Å². The zero-order valence-corrected chi connectivity index (χ0v) is 10.8. The average molecular weight is 277 g/mol. The van der Waals surface area contributed by atoms with Crippen LogP contribution in [0.1, 0.15) is 12.0 Å². The molecule has 0 saturated carbocycles. The standard InChI is InChI=1S/C14H15NO5/c16-7-10-5-11(17)6-15-14(10)9-1-3-12(4-2-9)20-8-13(18)19/h1-4,10,16H,5-8H2,(H,18,19). The van der Waals surface area contributed by atoms with Gasteiger partial charge in [0, 0.05) is 18.1 Å². The first kappa shape index (κ1) is 14.2. The summed E-state index contributed by atoms with van der Waals surface area (Å²) in [4.78, 5) is 25.9. The minimum atomic E-state index is -1.04. The molecule has 1 aromatic rings. The Kier molecular flexibility index (Phi) is 4.47. The lowest BCUT2D eigenvalue weighted by Gasteiger charge is -2.20.